The van der Waals surface area contributed by atoms with Gasteiger partial charge in [-0.2, -0.15) is 0 Å². The smallest absolute Gasteiger partial charge is 0.308 e. The van der Waals surface area contributed by atoms with Crippen LogP contribution in [0, 0.1) is 16.6 Å². The van der Waals surface area contributed by atoms with Crippen molar-refractivity contribution < 1.29 is 18.3 Å². The van der Waals surface area contributed by atoms with Gasteiger partial charge in [-0.15, -0.1) is 5.10 Å². The minimum absolute atomic E-state index is 0.0358. The third-order valence-corrected chi connectivity index (χ3v) is 4.45. The fraction of sp³-hybridized carbons (Fsp3) is 0.438. The van der Waals surface area contributed by atoms with Crippen LogP contribution in [0.15, 0.2) is 28.7 Å². The lowest BCUT2D eigenvalue weighted by atomic mass is 9.97. The molecule has 1 aliphatic heterocycles. The summed E-state index contributed by atoms with van der Waals surface area (Å²) in [5.41, 5.74) is 0.672. The zero-order chi connectivity index (χ0) is 17.1. The number of hydrogen-bond acceptors (Lipinski definition) is 6. The SMILES string of the molecule is COC(=O)C1CCN(Cn2nc(-c3ccc(F)cc3)oc2=S)CC1. The molecule has 0 radical (unpaired) electrons. The zero-order valence-electron chi connectivity index (χ0n) is 13.3. The van der Waals surface area contributed by atoms with Crippen LogP contribution < -0.4 is 0 Å². The van der Waals surface area contributed by atoms with Crippen molar-refractivity contribution in [2.24, 2.45) is 5.92 Å². The summed E-state index contributed by atoms with van der Waals surface area (Å²) in [6.07, 6.45) is 1.51. The monoisotopic (exact) mass is 351 g/mol. The number of hydrogen-bond donors (Lipinski definition) is 0. The largest absolute Gasteiger partial charge is 0.469 e. The molecule has 1 aromatic heterocycles. The van der Waals surface area contributed by atoms with Crippen molar-refractivity contribution in [3.63, 3.8) is 0 Å². The Hall–Kier alpha value is -2.06. The molecule has 3 rings (SSSR count). The maximum atomic E-state index is 13.0. The Balaban J connectivity index is 1.65. The Morgan fingerprint density at radius 3 is 2.67 bits per heavy atom. The highest BCUT2D eigenvalue weighted by Gasteiger charge is 2.26. The molecule has 24 heavy (non-hydrogen) atoms. The average molecular weight is 351 g/mol. The number of benzene rings is 1. The second kappa shape index (κ2) is 7.23. The van der Waals surface area contributed by atoms with E-state index >= 15 is 0 Å². The van der Waals surface area contributed by atoms with Gasteiger partial charge in [-0.3, -0.25) is 9.69 Å². The van der Waals surface area contributed by atoms with Gasteiger partial charge < -0.3 is 9.15 Å². The lowest BCUT2D eigenvalue weighted by Gasteiger charge is -2.29. The maximum absolute atomic E-state index is 13.0. The van der Waals surface area contributed by atoms with Gasteiger partial charge in [0.1, 0.15) is 5.82 Å². The highest BCUT2D eigenvalue weighted by atomic mass is 32.1. The van der Waals surface area contributed by atoms with Crippen LogP contribution in [-0.2, 0) is 16.2 Å². The lowest BCUT2D eigenvalue weighted by molar-refractivity contribution is -0.147. The van der Waals surface area contributed by atoms with Gasteiger partial charge in [0.05, 0.1) is 19.7 Å². The summed E-state index contributed by atoms with van der Waals surface area (Å²) in [4.78, 5) is 14.0. The summed E-state index contributed by atoms with van der Waals surface area (Å²) in [5.74, 6) is -0.132. The quantitative estimate of drug-likeness (QED) is 0.624. The van der Waals surface area contributed by atoms with Crippen molar-refractivity contribution in [1.29, 1.82) is 0 Å². The van der Waals surface area contributed by atoms with Gasteiger partial charge >= 0.3 is 5.97 Å². The molecular weight excluding hydrogens is 333 g/mol. The second-order valence-corrected chi connectivity index (χ2v) is 6.09. The molecule has 1 saturated heterocycles. The third-order valence-electron chi connectivity index (χ3n) is 4.15. The number of nitrogens with zero attached hydrogens (tertiary/aromatic N) is 3. The van der Waals surface area contributed by atoms with E-state index in [4.69, 9.17) is 21.4 Å². The third kappa shape index (κ3) is 3.70. The zero-order valence-corrected chi connectivity index (χ0v) is 14.1. The standard InChI is InChI=1S/C16H18FN3O3S/c1-22-15(21)12-6-8-19(9-7-12)10-20-16(24)23-14(18-20)11-2-4-13(17)5-3-11/h2-5,12H,6-10H2,1H3. The van der Waals surface area contributed by atoms with Gasteiger partial charge in [-0.05, 0) is 49.3 Å². The first kappa shape index (κ1) is 16.8. The molecule has 0 bridgehead atoms. The van der Waals surface area contributed by atoms with E-state index in [0.29, 0.717) is 18.1 Å². The minimum Gasteiger partial charge on any atom is -0.469 e. The molecule has 1 fully saturated rings. The van der Waals surface area contributed by atoms with Gasteiger partial charge in [0, 0.05) is 18.7 Å². The van der Waals surface area contributed by atoms with Crippen LogP contribution in [0.4, 0.5) is 4.39 Å². The number of aromatic nitrogens is 2. The molecule has 0 spiro atoms. The molecule has 0 unspecified atom stereocenters. The molecule has 2 aromatic rings. The first-order chi connectivity index (χ1) is 11.6. The molecule has 0 amide bonds. The molecule has 8 heteroatoms. The number of ether oxygens (including phenoxy) is 1. The van der Waals surface area contributed by atoms with Crippen LogP contribution in [0.25, 0.3) is 11.5 Å². The van der Waals surface area contributed by atoms with Crippen LogP contribution >= 0.6 is 12.2 Å². The van der Waals surface area contributed by atoms with Crippen LogP contribution in [-0.4, -0.2) is 40.8 Å². The number of rotatable bonds is 4. The van der Waals surface area contributed by atoms with Crippen molar-refractivity contribution in [3.05, 3.63) is 34.9 Å². The van der Waals surface area contributed by atoms with E-state index in [-0.39, 0.29) is 22.5 Å². The molecule has 6 nitrogen and oxygen atoms in total. The number of carbonyl (C=O) groups is 1. The van der Waals surface area contributed by atoms with E-state index in [2.05, 4.69) is 10.00 Å². The fourth-order valence-corrected chi connectivity index (χ4v) is 2.95. The molecular formula is C16H18FN3O3S. The number of carbonyl (C=O) groups excluding carboxylic acids is 1. The highest BCUT2D eigenvalue weighted by Crippen LogP contribution is 2.21. The van der Waals surface area contributed by atoms with Crippen LogP contribution in [0.2, 0.25) is 0 Å². The fourth-order valence-electron chi connectivity index (χ4n) is 2.77. The molecule has 0 atom stereocenters. The number of methoxy groups -OCH3 is 1. The van der Waals surface area contributed by atoms with Crippen molar-refractivity contribution in [2.75, 3.05) is 20.2 Å². The van der Waals surface area contributed by atoms with Crippen LogP contribution in [0.5, 0.6) is 0 Å². The van der Waals surface area contributed by atoms with E-state index < -0.39 is 0 Å². The topological polar surface area (TPSA) is 60.5 Å². The predicted octanol–water partition coefficient (Wildman–Crippen LogP) is 2.85. The summed E-state index contributed by atoms with van der Waals surface area (Å²) in [5, 5.41) is 4.36. The van der Waals surface area contributed by atoms with Crippen LogP contribution in [0.1, 0.15) is 12.8 Å². The van der Waals surface area contributed by atoms with Gasteiger partial charge in [0.15, 0.2) is 0 Å². The minimum atomic E-state index is -0.315. The Morgan fingerprint density at radius 1 is 1.38 bits per heavy atom. The molecule has 128 valence electrons. The Morgan fingerprint density at radius 2 is 2.04 bits per heavy atom. The summed E-state index contributed by atoms with van der Waals surface area (Å²) in [6, 6.07) is 5.90. The molecule has 1 aliphatic rings. The second-order valence-electron chi connectivity index (χ2n) is 5.74. The lowest BCUT2D eigenvalue weighted by Crippen LogP contribution is -2.38. The predicted molar refractivity (Wildman–Crippen MR) is 87.0 cm³/mol. The first-order valence-corrected chi connectivity index (χ1v) is 8.11. The van der Waals surface area contributed by atoms with E-state index in [9.17, 15) is 9.18 Å². The number of halogens is 1. The number of piperidine rings is 1. The summed E-state index contributed by atoms with van der Waals surface area (Å²) in [6.45, 7) is 2.03. The molecule has 2 heterocycles. The van der Waals surface area contributed by atoms with Gasteiger partial charge in [-0.25, -0.2) is 9.07 Å². The van der Waals surface area contributed by atoms with Gasteiger partial charge in [0.25, 0.3) is 4.84 Å². The van der Waals surface area contributed by atoms with E-state index in [1.165, 1.54) is 19.2 Å². The highest BCUT2D eigenvalue weighted by molar-refractivity contribution is 7.71. The van der Waals surface area contributed by atoms with E-state index in [1.54, 1.807) is 16.8 Å². The van der Waals surface area contributed by atoms with Gasteiger partial charge in [0.2, 0.25) is 5.89 Å². The summed E-state index contributed by atoms with van der Waals surface area (Å²) < 4.78 is 24.9. The molecule has 0 N–H and O–H groups in total. The molecule has 0 aliphatic carbocycles. The number of likely N-dealkylation sites (tertiary alicyclic amines) is 1. The normalized spacial score (nSPS) is 16.2. The molecule has 1 aromatic carbocycles. The summed E-state index contributed by atoms with van der Waals surface area (Å²) in [7, 11) is 1.42. The van der Waals surface area contributed by atoms with Gasteiger partial charge in [-0.1, -0.05) is 0 Å². The van der Waals surface area contributed by atoms with Crippen molar-refractivity contribution in [3.8, 4) is 11.5 Å². The van der Waals surface area contributed by atoms with E-state index in [1.807, 2.05) is 0 Å². The van der Waals surface area contributed by atoms with E-state index in [0.717, 1.165) is 25.9 Å². The first-order valence-electron chi connectivity index (χ1n) is 7.71. The van der Waals surface area contributed by atoms with Crippen molar-refractivity contribution in [1.82, 2.24) is 14.7 Å². The Kier molecular flexibility index (Phi) is 5.06. The summed E-state index contributed by atoms with van der Waals surface area (Å²) >= 11 is 5.21. The van der Waals surface area contributed by atoms with Crippen LogP contribution in [0.3, 0.4) is 0 Å². The Bertz CT molecular complexity index is 764. The number of esters is 1. The Labute approximate surface area is 143 Å². The van der Waals surface area contributed by atoms with Crippen molar-refractivity contribution >= 4 is 18.2 Å². The molecule has 0 saturated carbocycles. The van der Waals surface area contributed by atoms with Crippen molar-refractivity contribution in [2.45, 2.75) is 19.5 Å². The maximum Gasteiger partial charge on any atom is 0.308 e. The average Bonchev–Trinajstić information content (AvgIpc) is 2.96.